The molecule has 1 N–H and O–H groups in total. The molecule has 2 aromatic rings. The molecular formula is C25H39Cl2N3O4. The molecule has 2 amide bonds. The fourth-order valence-electron chi connectivity index (χ4n) is 3.28. The summed E-state index contributed by atoms with van der Waals surface area (Å²) in [6.07, 6.45) is 0.282. The molecule has 9 heteroatoms. The van der Waals surface area contributed by atoms with Crippen LogP contribution < -0.4 is 5.32 Å². The number of carbonyl (C=O) groups excluding carboxylic acids is 2. The van der Waals surface area contributed by atoms with Gasteiger partial charge in [-0.1, -0.05) is 37.0 Å². The third-order valence-electron chi connectivity index (χ3n) is 4.96. The van der Waals surface area contributed by atoms with Crippen LogP contribution in [0.3, 0.4) is 0 Å². The zero-order chi connectivity index (χ0) is 26.4. The highest BCUT2D eigenvalue weighted by Gasteiger charge is 2.26. The molecule has 0 saturated carbocycles. The molecule has 0 fully saturated rings. The predicted molar refractivity (Wildman–Crippen MR) is 141 cm³/mol. The Kier molecular flexibility index (Phi) is 10.7. The van der Waals surface area contributed by atoms with Crippen molar-refractivity contribution in [2.75, 3.05) is 19.0 Å². The molecule has 0 saturated heterocycles. The molecule has 2 heterocycles. The van der Waals surface area contributed by atoms with Gasteiger partial charge < -0.3 is 18.9 Å². The molecule has 0 radical (unpaired) electrons. The van der Waals surface area contributed by atoms with Crippen molar-refractivity contribution in [3.63, 3.8) is 0 Å². The molecule has 1 aliphatic heterocycles. The normalized spacial score (nSPS) is 13.2. The van der Waals surface area contributed by atoms with Crippen molar-refractivity contribution in [1.82, 2.24) is 9.47 Å². The van der Waals surface area contributed by atoms with Gasteiger partial charge in [0.05, 0.1) is 33.4 Å². The molecule has 1 aromatic carbocycles. The van der Waals surface area contributed by atoms with Gasteiger partial charge in [0.2, 0.25) is 6.41 Å². The standard InChI is InChI=1S/C18H21Cl2N3O3.C5H12O.C2H6/c1-10-13-8-22(9-24)5-6-23(13)16-14(10)12(7-11(19)15(16)20)21-17(25)26-18(2,3)4;1-5(2,3)6-4;1-2/h7,9H,5-6,8H2,1-4H3,(H,21,25);1-4H3;1-2H3. The van der Waals surface area contributed by atoms with Crippen LogP contribution in [0.15, 0.2) is 6.07 Å². The summed E-state index contributed by atoms with van der Waals surface area (Å²) in [7, 11) is 1.71. The average Bonchev–Trinajstić information content (AvgIpc) is 3.04. The van der Waals surface area contributed by atoms with Gasteiger partial charge in [0.1, 0.15) is 5.60 Å². The first-order chi connectivity index (χ1) is 15.7. The first-order valence-corrected chi connectivity index (χ1v) is 12.2. The monoisotopic (exact) mass is 515 g/mol. The molecule has 3 rings (SSSR count). The third kappa shape index (κ3) is 7.79. The molecule has 1 aromatic heterocycles. The molecule has 0 atom stereocenters. The molecule has 0 aliphatic carbocycles. The van der Waals surface area contributed by atoms with E-state index in [4.69, 9.17) is 32.7 Å². The number of fused-ring (bicyclic) bond motifs is 3. The van der Waals surface area contributed by atoms with Crippen LogP contribution in [-0.2, 0) is 27.4 Å². The molecular weight excluding hydrogens is 477 g/mol. The summed E-state index contributed by atoms with van der Waals surface area (Å²) in [4.78, 5) is 25.1. The Bertz CT molecular complexity index is 1000. The Hall–Kier alpha value is -1.96. The SMILES string of the molecule is CC.COC(C)(C)C.Cc1c2n(c3c(Cl)c(Cl)cc(NC(=O)OC(C)(C)C)c13)CCN(C=O)C2. The van der Waals surface area contributed by atoms with Crippen LogP contribution >= 0.6 is 23.2 Å². The van der Waals surface area contributed by atoms with Gasteiger partial charge in [0.25, 0.3) is 0 Å². The van der Waals surface area contributed by atoms with Crippen LogP contribution in [0.2, 0.25) is 10.0 Å². The summed E-state index contributed by atoms with van der Waals surface area (Å²) < 4.78 is 12.4. The second-order valence-electron chi connectivity index (χ2n) is 9.69. The first kappa shape index (κ1) is 30.1. The van der Waals surface area contributed by atoms with E-state index < -0.39 is 11.7 Å². The number of aromatic nitrogens is 1. The number of ether oxygens (including phenoxy) is 2. The van der Waals surface area contributed by atoms with E-state index in [0.717, 1.165) is 28.6 Å². The summed E-state index contributed by atoms with van der Waals surface area (Å²) in [6.45, 7) is 19.1. The van der Waals surface area contributed by atoms with Crippen molar-refractivity contribution in [3.05, 3.63) is 27.4 Å². The van der Waals surface area contributed by atoms with Crippen LogP contribution in [0.5, 0.6) is 0 Å². The quantitative estimate of drug-likeness (QED) is 0.435. The minimum atomic E-state index is -0.612. The van der Waals surface area contributed by atoms with Crippen molar-refractivity contribution < 1.29 is 19.1 Å². The topological polar surface area (TPSA) is 72.8 Å². The second-order valence-corrected chi connectivity index (χ2v) is 10.5. The zero-order valence-corrected chi connectivity index (χ0v) is 23.6. The molecule has 1 aliphatic rings. The number of nitrogens with zero attached hydrogens (tertiary/aromatic N) is 2. The number of halogens is 2. The summed E-state index contributed by atoms with van der Waals surface area (Å²) in [5, 5.41) is 4.38. The van der Waals surface area contributed by atoms with E-state index in [0.29, 0.717) is 35.4 Å². The minimum absolute atomic E-state index is 0.0417. The van der Waals surface area contributed by atoms with Crippen molar-refractivity contribution in [2.24, 2.45) is 0 Å². The number of hydrogen-bond acceptors (Lipinski definition) is 4. The highest BCUT2D eigenvalue weighted by Crippen LogP contribution is 2.42. The van der Waals surface area contributed by atoms with Crippen molar-refractivity contribution in [3.8, 4) is 0 Å². The largest absolute Gasteiger partial charge is 0.444 e. The van der Waals surface area contributed by atoms with Gasteiger partial charge in [-0.15, -0.1) is 0 Å². The van der Waals surface area contributed by atoms with E-state index in [1.54, 1.807) is 38.8 Å². The van der Waals surface area contributed by atoms with E-state index in [1.165, 1.54) is 0 Å². The summed E-state index contributed by atoms with van der Waals surface area (Å²) >= 11 is 12.8. The van der Waals surface area contributed by atoms with Gasteiger partial charge in [-0.2, -0.15) is 0 Å². The molecule has 0 unspecified atom stereocenters. The van der Waals surface area contributed by atoms with Gasteiger partial charge in [-0.3, -0.25) is 10.1 Å². The molecule has 7 nitrogen and oxygen atoms in total. The van der Waals surface area contributed by atoms with Crippen LogP contribution in [0.25, 0.3) is 10.9 Å². The molecule has 0 spiro atoms. The van der Waals surface area contributed by atoms with E-state index in [-0.39, 0.29) is 5.60 Å². The van der Waals surface area contributed by atoms with Crippen molar-refractivity contribution in [1.29, 1.82) is 0 Å². The highest BCUT2D eigenvalue weighted by molar-refractivity contribution is 6.45. The van der Waals surface area contributed by atoms with Gasteiger partial charge in [-0.25, -0.2) is 4.79 Å². The zero-order valence-electron chi connectivity index (χ0n) is 22.1. The number of aryl methyl sites for hydroxylation is 1. The minimum Gasteiger partial charge on any atom is -0.444 e. The lowest BCUT2D eigenvalue weighted by atomic mass is 10.1. The van der Waals surface area contributed by atoms with Crippen LogP contribution in [0.1, 0.15) is 66.6 Å². The summed E-state index contributed by atoms with van der Waals surface area (Å²) in [5.74, 6) is 0. The fourth-order valence-corrected chi connectivity index (χ4v) is 3.73. The van der Waals surface area contributed by atoms with Crippen LogP contribution in [0.4, 0.5) is 10.5 Å². The first-order valence-electron chi connectivity index (χ1n) is 11.4. The van der Waals surface area contributed by atoms with E-state index >= 15 is 0 Å². The number of nitrogens with one attached hydrogen (secondary N) is 1. The second kappa shape index (κ2) is 12.1. The van der Waals surface area contributed by atoms with Gasteiger partial charge in [0, 0.05) is 31.3 Å². The smallest absolute Gasteiger partial charge is 0.412 e. The fraction of sp³-hybridized carbons (Fsp3) is 0.600. The number of carbonyl (C=O) groups is 2. The Morgan fingerprint density at radius 2 is 1.65 bits per heavy atom. The Morgan fingerprint density at radius 3 is 2.12 bits per heavy atom. The average molecular weight is 517 g/mol. The lowest BCUT2D eigenvalue weighted by Crippen LogP contribution is -2.32. The Labute approximate surface area is 213 Å². The maximum Gasteiger partial charge on any atom is 0.412 e. The number of methoxy groups -OCH3 is 1. The van der Waals surface area contributed by atoms with Crippen molar-refractivity contribution in [2.45, 2.75) is 86.6 Å². The number of anilines is 1. The number of amides is 2. The predicted octanol–water partition coefficient (Wildman–Crippen LogP) is 7.03. The maximum atomic E-state index is 12.3. The van der Waals surface area contributed by atoms with Crippen LogP contribution in [0, 0.1) is 6.92 Å². The maximum absolute atomic E-state index is 12.3. The molecule has 34 heavy (non-hydrogen) atoms. The van der Waals surface area contributed by atoms with E-state index in [9.17, 15) is 9.59 Å². The molecule has 0 bridgehead atoms. The Morgan fingerprint density at radius 1 is 1.09 bits per heavy atom. The lowest BCUT2D eigenvalue weighted by Gasteiger charge is -2.26. The number of benzene rings is 1. The Balaban J connectivity index is 0.000000631. The van der Waals surface area contributed by atoms with Crippen LogP contribution in [-0.4, -0.2) is 46.8 Å². The van der Waals surface area contributed by atoms with Crippen molar-refractivity contribution >= 4 is 52.3 Å². The summed E-state index contributed by atoms with van der Waals surface area (Å²) in [5.41, 5.74) is 2.67. The van der Waals surface area contributed by atoms with Gasteiger partial charge >= 0.3 is 6.09 Å². The number of hydrogen-bond donors (Lipinski definition) is 1. The highest BCUT2D eigenvalue weighted by atomic mass is 35.5. The molecule has 192 valence electrons. The van der Waals surface area contributed by atoms with E-state index in [1.807, 2.05) is 41.5 Å². The third-order valence-corrected chi connectivity index (χ3v) is 5.74. The van der Waals surface area contributed by atoms with Gasteiger partial charge in [0.15, 0.2) is 0 Å². The van der Waals surface area contributed by atoms with Gasteiger partial charge in [-0.05, 0) is 60.1 Å². The number of rotatable bonds is 2. The summed E-state index contributed by atoms with van der Waals surface area (Å²) in [6, 6.07) is 1.63. The van der Waals surface area contributed by atoms with E-state index in [2.05, 4.69) is 9.88 Å². The lowest BCUT2D eigenvalue weighted by molar-refractivity contribution is -0.119.